The van der Waals surface area contributed by atoms with Crippen molar-refractivity contribution in [3.8, 4) is 0 Å². The highest BCUT2D eigenvalue weighted by atomic mass is 32.1. The van der Waals surface area contributed by atoms with Gasteiger partial charge in [-0.05, 0) is 70.9 Å². The van der Waals surface area contributed by atoms with Crippen LogP contribution < -0.4 is 5.32 Å². The maximum absolute atomic E-state index is 13.1. The van der Waals surface area contributed by atoms with Crippen LogP contribution in [0.25, 0.3) is 0 Å². The highest BCUT2D eigenvalue weighted by Crippen LogP contribution is 2.42. The second-order valence-electron chi connectivity index (χ2n) is 11.5. The zero-order chi connectivity index (χ0) is 24.5. The molecule has 35 heavy (non-hydrogen) atoms. The molecular weight excluding hydrogens is 454 g/mol. The summed E-state index contributed by atoms with van der Waals surface area (Å²) in [6, 6.07) is 6.32. The average molecular weight is 498 g/mol. The summed E-state index contributed by atoms with van der Waals surface area (Å²) < 4.78 is 2.44. The first-order valence-electron chi connectivity index (χ1n) is 13.9. The van der Waals surface area contributed by atoms with Crippen LogP contribution in [-0.4, -0.2) is 44.2 Å². The van der Waals surface area contributed by atoms with Crippen molar-refractivity contribution in [3.05, 3.63) is 33.5 Å². The largest absolute Gasteiger partial charge is 0.348 e. The van der Waals surface area contributed by atoms with E-state index < -0.39 is 0 Å². The number of piperidine rings is 1. The molecule has 2 aliphatic heterocycles. The molecule has 1 N–H and O–H groups in total. The van der Waals surface area contributed by atoms with Crippen molar-refractivity contribution in [3.63, 3.8) is 0 Å². The van der Waals surface area contributed by atoms with Gasteiger partial charge in [-0.3, -0.25) is 9.69 Å². The molecule has 1 saturated carbocycles. The first-order chi connectivity index (χ1) is 16.9. The third-order valence-electron chi connectivity index (χ3n) is 8.71. The summed E-state index contributed by atoms with van der Waals surface area (Å²) in [6.45, 7) is 9.77. The topological polar surface area (TPSA) is 63.1 Å². The van der Waals surface area contributed by atoms with Crippen molar-refractivity contribution in [1.29, 1.82) is 0 Å². The van der Waals surface area contributed by atoms with Gasteiger partial charge in [-0.2, -0.15) is 0 Å². The maximum Gasteiger partial charge on any atom is 0.223 e. The number of rotatable bonds is 8. The summed E-state index contributed by atoms with van der Waals surface area (Å²) >= 11 is 1.84. The van der Waals surface area contributed by atoms with Gasteiger partial charge in [0.25, 0.3) is 0 Å². The van der Waals surface area contributed by atoms with Gasteiger partial charge < -0.3 is 9.88 Å². The second kappa shape index (κ2) is 10.7. The minimum atomic E-state index is 0.132. The Morgan fingerprint density at radius 1 is 1.03 bits per heavy atom. The Labute approximate surface area is 214 Å². The number of amides is 1. The molecule has 0 unspecified atom stereocenters. The summed E-state index contributed by atoms with van der Waals surface area (Å²) in [5.41, 5.74) is 0. The number of thiophene rings is 1. The SMILES string of the molecule is Cc1ccc([C@H](CCN2[C@H]3CC[C@H]2CC(n2c(C)nnc2C(C)C)C3)NC(=O)C2CCCCC2)s1. The molecule has 2 bridgehead atoms. The Morgan fingerprint density at radius 2 is 1.74 bits per heavy atom. The minimum Gasteiger partial charge on any atom is -0.348 e. The van der Waals surface area contributed by atoms with E-state index in [9.17, 15) is 4.79 Å². The van der Waals surface area contributed by atoms with E-state index in [4.69, 9.17) is 0 Å². The van der Waals surface area contributed by atoms with Crippen molar-refractivity contribution in [2.24, 2.45) is 5.92 Å². The fraction of sp³-hybridized carbons (Fsp3) is 0.750. The fourth-order valence-corrected chi connectivity index (χ4v) is 7.87. The van der Waals surface area contributed by atoms with Gasteiger partial charge in [-0.15, -0.1) is 21.5 Å². The smallest absolute Gasteiger partial charge is 0.223 e. The molecule has 5 rings (SSSR count). The van der Waals surface area contributed by atoms with Crippen LogP contribution in [-0.2, 0) is 4.79 Å². The predicted octanol–water partition coefficient (Wildman–Crippen LogP) is 6.08. The van der Waals surface area contributed by atoms with E-state index in [0.717, 1.165) is 37.5 Å². The normalized spacial score (nSPS) is 26.4. The summed E-state index contributed by atoms with van der Waals surface area (Å²) in [7, 11) is 0. The Balaban J connectivity index is 1.25. The van der Waals surface area contributed by atoms with Crippen LogP contribution in [0.4, 0.5) is 0 Å². The number of fused-ring (bicyclic) bond motifs is 2. The molecule has 2 aromatic heterocycles. The zero-order valence-corrected chi connectivity index (χ0v) is 22.8. The number of nitrogens with one attached hydrogen (secondary N) is 1. The molecule has 7 heteroatoms. The molecule has 1 aliphatic carbocycles. The van der Waals surface area contributed by atoms with Crippen LogP contribution in [0.15, 0.2) is 12.1 Å². The van der Waals surface area contributed by atoms with Gasteiger partial charge in [0.2, 0.25) is 5.91 Å². The van der Waals surface area contributed by atoms with Gasteiger partial charge in [0, 0.05) is 46.3 Å². The van der Waals surface area contributed by atoms with E-state index in [1.165, 1.54) is 54.7 Å². The van der Waals surface area contributed by atoms with E-state index >= 15 is 0 Å². The van der Waals surface area contributed by atoms with Gasteiger partial charge >= 0.3 is 0 Å². The molecule has 192 valence electrons. The number of carbonyl (C=O) groups excluding carboxylic acids is 1. The highest BCUT2D eigenvalue weighted by Gasteiger charge is 2.42. The standard InChI is InChI=1S/C28H43N5OS/c1-18(2)27-31-30-20(4)33(27)24-16-22-11-12-23(17-24)32(22)15-14-25(26-13-10-19(3)35-26)29-28(34)21-8-6-5-7-9-21/h10,13,18,21-25H,5-9,11-12,14-17H2,1-4H3,(H,29,34)/t22-,23-,25-/m0/s1. The predicted molar refractivity (Wildman–Crippen MR) is 142 cm³/mol. The maximum atomic E-state index is 13.1. The Hall–Kier alpha value is -1.73. The Morgan fingerprint density at radius 3 is 2.37 bits per heavy atom. The quantitative estimate of drug-likeness (QED) is 0.480. The molecule has 2 aromatic rings. The molecule has 0 aromatic carbocycles. The first kappa shape index (κ1) is 24.9. The summed E-state index contributed by atoms with van der Waals surface area (Å²) in [6.07, 6.45) is 11.7. The van der Waals surface area contributed by atoms with Crippen LogP contribution in [0, 0.1) is 19.8 Å². The summed E-state index contributed by atoms with van der Waals surface area (Å²) in [5, 5.41) is 12.4. The highest BCUT2D eigenvalue weighted by molar-refractivity contribution is 7.12. The molecule has 4 heterocycles. The lowest BCUT2D eigenvalue weighted by atomic mass is 9.88. The van der Waals surface area contributed by atoms with Gasteiger partial charge in [0.05, 0.1) is 6.04 Å². The van der Waals surface area contributed by atoms with E-state index in [1.54, 1.807) is 0 Å². The van der Waals surface area contributed by atoms with Crippen LogP contribution in [0.3, 0.4) is 0 Å². The number of hydrogen-bond donors (Lipinski definition) is 1. The van der Waals surface area contributed by atoms with Crippen molar-refractivity contribution in [2.75, 3.05) is 6.54 Å². The van der Waals surface area contributed by atoms with Crippen molar-refractivity contribution >= 4 is 17.2 Å². The van der Waals surface area contributed by atoms with Crippen LogP contribution >= 0.6 is 11.3 Å². The lowest BCUT2D eigenvalue weighted by molar-refractivity contribution is -0.126. The lowest BCUT2D eigenvalue weighted by Crippen LogP contribution is -2.45. The molecule has 0 radical (unpaired) electrons. The molecule has 3 atom stereocenters. The Bertz CT molecular complexity index is 993. The first-order valence-corrected chi connectivity index (χ1v) is 14.8. The van der Waals surface area contributed by atoms with Crippen LogP contribution in [0.5, 0.6) is 0 Å². The number of carbonyl (C=O) groups is 1. The molecule has 3 fully saturated rings. The molecule has 6 nitrogen and oxygen atoms in total. The Kier molecular flexibility index (Phi) is 7.63. The van der Waals surface area contributed by atoms with Crippen molar-refractivity contribution in [2.45, 2.75) is 122 Å². The monoisotopic (exact) mass is 497 g/mol. The van der Waals surface area contributed by atoms with Gasteiger partial charge in [0.1, 0.15) is 11.6 Å². The number of nitrogens with zero attached hydrogens (tertiary/aromatic N) is 4. The third-order valence-corrected chi connectivity index (χ3v) is 9.82. The van der Waals surface area contributed by atoms with E-state index in [-0.39, 0.29) is 17.9 Å². The summed E-state index contributed by atoms with van der Waals surface area (Å²) in [4.78, 5) is 18.5. The van der Waals surface area contributed by atoms with Crippen molar-refractivity contribution < 1.29 is 4.79 Å². The minimum absolute atomic E-state index is 0.132. The van der Waals surface area contributed by atoms with Gasteiger partial charge in [-0.1, -0.05) is 33.1 Å². The number of aryl methyl sites for hydroxylation is 2. The van der Waals surface area contributed by atoms with Crippen LogP contribution in [0.1, 0.15) is 117 Å². The number of hydrogen-bond acceptors (Lipinski definition) is 5. The van der Waals surface area contributed by atoms with Crippen molar-refractivity contribution in [1.82, 2.24) is 25.0 Å². The molecule has 3 aliphatic rings. The molecule has 0 spiro atoms. The van der Waals surface area contributed by atoms with E-state index in [0.29, 0.717) is 24.0 Å². The zero-order valence-electron chi connectivity index (χ0n) is 22.0. The van der Waals surface area contributed by atoms with Gasteiger partial charge in [0.15, 0.2) is 0 Å². The average Bonchev–Trinajstić information content (AvgIpc) is 3.52. The molecule has 2 saturated heterocycles. The van der Waals surface area contributed by atoms with E-state index in [1.807, 2.05) is 11.3 Å². The van der Waals surface area contributed by atoms with Gasteiger partial charge in [-0.25, -0.2) is 0 Å². The number of aromatic nitrogens is 3. The van der Waals surface area contributed by atoms with E-state index in [2.05, 4.69) is 64.8 Å². The van der Waals surface area contributed by atoms with Crippen LogP contribution in [0.2, 0.25) is 0 Å². The fourth-order valence-electron chi connectivity index (χ4n) is 6.91. The third kappa shape index (κ3) is 5.36. The molecular formula is C28H43N5OS. The second-order valence-corrected chi connectivity index (χ2v) is 12.8. The summed E-state index contributed by atoms with van der Waals surface area (Å²) in [5.74, 6) is 3.09. The molecule has 1 amide bonds. The lowest BCUT2D eigenvalue weighted by Gasteiger charge is -2.40.